The van der Waals surface area contributed by atoms with Crippen LogP contribution in [0.1, 0.15) is 35.4 Å². The Balaban J connectivity index is 2.01. The van der Waals surface area contributed by atoms with E-state index in [1.807, 2.05) is 0 Å². The van der Waals surface area contributed by atoms with Gasteiger partial charge < -0.3 is 4.90 Å². The molecule has 1 amide bonds. The summed E-state index contributed by atoms with van der Waals surface area (Å²) in [6.45, 7) is 2.53. The number of aryl methyl sites for hydroxylation is 1. The summed E-state index contributed by atoms with van der Waals surface area (Å²) in [5.41, 5.74) is 0.940. The summed E-state index contributed by atoms with van der Waals surface area (Å²) < 4.78 is 0. The van der Waals surface area contributed by atoms with Gasteiger partial charge in [0, 0.05) is 31.8 Å². The summed E-state index contributed by atoms with van der Waals surface area (Å²) in [6.07, 6.45) is 5.20. The number of aromatic nitrogens is 5. The zero-order chi connectivity index (χ0) is 13.0. The van der Waals surface area contributed by atoms with E-state index in [9.17, 15) is 4.79 Å². The molecule has 2 aromatic rings. The van der Waals surface area contributed by atoms with Gasteiger partial charge in [0.1, 0.15) is 5.82 Å². The third-order valence-electron chi connectivity index (χ3n) is 2.53. The van der Waals surface area contributed by atoms with Crippen LogP contribution in [0.25, 0.3) is 0 Å². The van der Waals surface area contributed by atoms with Crippen molar-refractivity contribution in [1.82, 2.24) is 30.3 Å². The number of aromatic amines is 2. The lowest BCUT2D eigenvalue weighted by Crippen LogP contribution is -2.27. The summed E-state index contributed by atoms with van der Waals surface area (Å²) in [5.74, 6) is 0.761. The molecule has 0 fully saturated rings. The molecule has 0 aromatic carbocycles. The highest BCUT2D eigenvalue weighted by Crippen LogP contribution is 2.04. The van der Waals surface area contributed by atoms with Crippen molar-refractivity contribution in [3.05, 3.63) is 29.6 Å². The van der Waals surface area contributed by atoms with E-state index in [0.29, 0.717) is 6.54 Å². The molecule has 2 rings (SSSR count). The van der Waals surface area contributed by atoms with Gasteiger partial charge in [-0.15, -0.1) is 5.10 Å². The average molecular weight is 248 g/mol. The van der Waals surface area contributed by atoms with Gasteiger partial charge in [-0.1, -0.05) is 6.92 Å². The third-order valence-corrected chi connectivity index (χ3v) is 2.53. The van der Waals surface area contributed by atoms with Gasteiger partial charge in [-0.2, -0.15) is 5.10 Å². The van der Waals surface area contributed by atoms with Crippen molar-refractivity contribution in [2.75, 3.05) is 7.05 Å². The first-order valence-corrected chi connectivity index (χ1v) is 5.85. The normalized spacial score (nSPS) is 10.6. The molecule has 7 nitrogen and oxygen atoms in total. The molecule has 0 aliphatic carbocycles. The highest BCUT2D eigenvalue weighted by Gasteiger charge is 2.17. The van der Waals surface area contributed by atoms with E-state index >= 15 is 0 Å². The Bertz CT molecular complexity index is 503. The first kappa shape index (κ1) is 12.3. The molecule has 2 N–H and O–H groups in total. The molecule has 2 aromatic heterocycles. The van der Waals surface area contributed by atoms with Crippen LogP contribution in [0.4, 0.5) is 0 Å². The van der Waals surface area contributed by atoms with Crippen molar-refractivity contribution in [3.63, 3.8) is 0 Å². The molecule has 7 heteroatoms. The molecule has 0 aliphatic rings. The van der Waals surface area contributed by atoms with Crippen LogP contribution in [-0.2, 0) is 13.0 Å². The maximum Gasteiger partial charge on any atom is 0.293 e. The van der Waals surface area contributed by atoms with Crippen LogP contribution in [0.2, 0.25) is 0 Å². The summed E-state index contributed by atoms with van der Waals surface area (Å²) in [6, 6.07) is 0. The number of carbonyl (C=O) groups excluding carboxylic acids is 1. The standard InChI is InChI=1S/C11H16N6O/c1-3-4-9-14-10(16-15-9)11(18)17(2)7-8-5-12-13-6-8/h5-6H,3-4,7H2,1-2H3,(H,12,13)(H,14,15,16). The predicted molar refractivity (Wildman–Crippen MR) is 64.8 cm³/mol. The zero-order valence-corrected chi connectivity index (χ0v) is 10.5. The van der Waals surface area contributed by atoms with Crippen molar-refractivity contribution < 1.29 is 4.79 Å². The van der Waals surface area contributed by atoms with E-state index in [0.717, 1.165) is 24.2 Å². The van der Waals surface area contributed by atoms with E-state index in [4.69, 9.17) is 0 Å². The first-order valence-electron chi connectivity index (χ1n) is 5.85. The van der Waals surface area contributed by atoms with Gasteiger partial charge in [0.2, 0.25) is 5.82 Å². The maximum atomic E-state index is 12.0. The first-order chi connectivity index (χ1) is 8.70. The smallest absolute Gasteiger partial charge is 0.293 e. The van der Waals surface area contributed by atoms with Crippen molar-refractivity contribution in [2.45, 2.75) is 26.3 Å². The van der Waals surface area contributed by atoms with Crippen molar-refractivity contribution >= 4 is 5.91 Å². The van der Waals surface area contributed by atoms with Gasteiger partial charge >= 0.3 is 0 Å². The second-order valence-electron chi connectivity index (χ2n) is 4.12. The molecule has 0 aliphatic heterocycles. The van der Waals surface area contributed by atoms with Gasteiger partial charge in [0.25, 0.3) is 5.91 Å². The van der Waals surface area contributed by atoms with Crippen LogP contribution in [0, 0.1) is 0 Å². The number of nitrogens with one attached hydrogen (secondary N) is 2. The molecule has 0 spiro atoms. The highest BCUT2D eigenvalue weighted by atomic mass is 16.2. The quantitative estimate of drug-likeness (QED) is 0.817. The average Bonchev–Trinajstić information content (AvgIpc) is 3.00. The van der Waals surface area contributed by atoms with Gasteiger partial charge in [0.15, 0.2) is 0 Å². The van der Waals surface area contributed by atoms with Crippen LogP contribution >= 0.6 is 0 Å². The lowest BCUT2D eigenvalue weighted by atomic mass is 10.3. The third kappa shape index (κ3) is 2.73. The zero-order valence-electron chi connectivity index (χ0n) is 10.5. The van der Waals surface area contributed by atoms with Gasteiger partial charge in [-0.05, 0) is 6.42 Å². The molecule has 0 bridgehead atoms. The number of carbonyl (C=O) groups is 1. The van der Waals surface area contributed by atoms with Crippen LogP contribution in [0.5, 0.6) is 0 Å². The molecular formula is C11H16N6O. The fourth-order valence-electron chi connectivity index (χ4n) is 1.62. The van der Waals surface area contributed by atoms with Crippen LogP contribution in [-0.4, -0.2) is 43.2 Å². The van der Waals surface area contributed by atoms with Crippen molar-refractivity contribution in [2.24, 2.45) is 0 Å². The van der Waals surface area contributed by atoms with Gasteiger partial charge in [0.05, 0.1) is 6.20 Å². The fraction of sp³-hybridized carbons (Fsp3) is 0.455. The molecule has 0 radical (unpaired) electrons. The number of hydrogen-bond acceptors (Lipinski definition) is 4. The lowest BCUT2D eigenvalue weighted by Gasteiger charge is -2.13. The summed E-state index contributed by atoms with van der Waals surface area (Å²) in [4.78, 5) is 17.8. The number of H-pyrrole nitrogens is 2. The molecule has 96 valence electrons. The summed E-state index contributed by atoms with van der Waals surface area (Å²) in [7, 11) is 1.71. The van der Waals surface area contributed by atoms with E-state index in [2.05, 4.69) is 32.3 Å². The summed E-state index contributed by atoms with van der Waals surface area (Å²) >= 11 is 0. The number of nitrogens with zero attached hydrogens (tertiary/aromatic N) is 4. The number of rotatable bonds is 5. The second-order valence-corrected chi connectivity index (χ2v) is 4.12. The summed E-state index contributed by atoms with van der Waals surface area (Å²) in [5, 5.41) is 13.3. The minimum absolute atomic E-state index is 0.199. The molecule has 2 heterocycles. The van der Waals surface area contributed by atoms with Crippen LogP contribution in [0.3, 0.4) is 0 Å². The van der Waals surface area contributed by atoms with E-state index in [1.54, 1.807) is 24.3 Å². The van der Waals surface area contributed by atoms with Crippen molar-refractivity contribution in [1.29, 1.82) is 0 Å². The predicted octanol–water partition coefficient (Wildman–Crippen LogP) is 0.752. The Morgan fingerprint density at radius 3 is 3.00 bits per heavy atom. The molecule has 0 unspecified atom stereocenters. The Morgan fingerprint density at radius 1 is 1.50 bits per heavy atom. The van der Waals surface area contributed by atoms with E-state index < -0.39 is 0 Å². The molecule has 18 heavy (non-hydrogen) atoms. The minimum atomic E-state index is -0.199. The monoisotopic (exact) mass is 248 g/mol. The van der Waals surface area contributed by atoms with Gasteiger partial charge in [-0.3, -0.25) is 15.0 Å². The van der Waals surface area contributed by atoms with E-state index in [1.165, 1.54) is 0 Å². The lowest BCUT2D eigenvalue weighted by molar-refractivity contribution is 0.0773. The SMILES string of the molecule is CCCc1nc(C(=O)N(C)Cc2cn[nH]c2)n[nH]1. The fourth-order valence-corrected chi connectivity index (χ4v) is 1.62. The molecule has 0 saturated heterocycles. The second kappa shape index (κ2) is 5.44. The molecular weight excluding hydrogens is 232 g/mol. The topological polar surface area (TPSA) is 90.6 Å². The highest BCUT2D eigenvalue weighted by molar-refractivity contribution is 5.90. The van der Waals surface area contributed by atoms with E-state index in [-0.39, 0.29) is 11.7 Å². The van der Waals surface area contributed by atoms with Crippen LogP contribution in [0.15, 0.2) is 12.4 Å². The largest absolute Gasteiger partial charge is 0.334 e. The number of amides is 1. The Morgan fingerprint density at radius 2 is 2.33 bits per heavy atom. The van der Waals surface area contributed by atoms with Crippen molar-refractivity contribution in [3.8, 4) is 0 Å². The Kier molecular flexibility index (Phi) is 3.71. The molecule has 0 saturated carbocycles. The Hall–Kier alpha value is -2.18. The minimum Gasteiger partial charge on any atom is -0.334 e. The molecule has 0 atom stereocenters. The Labute approximate surface area is 105 Å². The number of hydrogen-bond donors (Lipinski definition) is 2. The van der Waals surface area contributed by atoms with Crippen LogP contribution < -0.4 is 0 Å². The van der Waals surface area contributed by atoms with Gasteiger partial charge in [-0.25, -0.2) is 4.98 Å². The maximum absolute atomic E-state index is 12.0.